The van der Waals surface area contributed by atoms with Crippen LogP contribution in [0.5, 0.6) is 5.75 Å². The maximum Gasteiger partial charge on any atom is 0.123 e. The van der Waals surface area contributed by atoms with Gasteiger partial charge in [-0.1, -0.05) is 35.9 Å². The minimum Gasteiger partial charge on any atom is -0.507 e. The first-order valence-electron chi connectivity index (χ1n) is 7.87. The van der Waals surface area contributed by atoms with Gasteiger partial charge in [0.05, 0.1) is 13.2 Å². The van der Waals surface area contributed by atoms with Crippen LogP contribution >= 0.6 is 0 Å². The second kappa shape index (κ2) is 6.51. The Bertz CT molecular complexity index is 630. The molecule has 0 aromatic heterocycles. The Morgan fingerprint density at radius 2 is 1.73 bits per heavy atom. The van der Waals surface area contributed by atoms with Crippen LogP contribution in [0.3, 0.4) is 0 Å². The second-order valence-corrected chi connectivity index (χ2v) is 5.97. The lowest BCUT2D eigenvalue weighted by Crippen LogP contribution is -2.37. The summed E-state index contributed by atoms with van der Waals surface area (Å²) < 4.78 is 5.42. The maximum atomic E-state index is 10.0. The molecular weight excluding hydrogens is 274 g/mol. The van der Waals surface area contributed by atoms with Crippen molar-refractivity contribution in [2.45, 2.75) is 19.9 Å². The number of aryl methyl sites for hydroxylation is 1. The molecule has 1 saturated heterocycles. The van der Waals surface area contributed by atoms with Crippen LogP contribution < -0.4 is 0 Å². The minimum absolute atomic E-state index is 0.333. The Labute approximate surface area is 132 Å². The molecule has 0 unspecified atom stereocenters. The molecule has 0 spiro atoms. The van der Waals surface area contributed by atoms with Crippen LogP contribution in [0.1, 0.15) is 24.1 Å². The highest BCUT2D eigenvalue weighted by Gasteiger charge is 2.18. The lowest BCUT2D eigenvalue weighted by atomic mass is 9.99. The van der Waals surface area contributed by atoms with E-state index in [4.69, 9.17) is 4.74 Å². The van der Waals surface area contributed by atoms with Crippen molar-refractivity contribution >= 4 is 0 Å². The molecule has 1 aliphatic rings. The number of ether oxygens (including phenoxy) is 1. The van der Waals surface area contributed by atoms with E-state index >= 15 is 0 Å². The summed E-state index contributed by atoms with van der Waals surface area (Å²) in [6, 6.07) is 14.6. The monoisotopic (exact) mass is 297 g/mol. The van der Waals surface area contributed by atoms with Gasteiger partial charge in [0.1, 0.15) is 5.75 Å². The zero-order chi connectivity index (χ0) is 15.5. The van der Waals surface area contributed by atoms with Crippen LogP contribution in [-0.2, 0) is 4.74 Å². The molecule has 22 heavy (non-hydrogen) atoms. The van der Waals surface area contributed by atoms with Crippen molar-refractivity contribution < 1.29 is 9.84 Å². The number of phenols is 1. The van der Waals surface area contributed by atoms with Gasteiger partial charge in [0, 0.05) is 24.7 Å². The van der Waals surface area contributed by atoms with Crippen molar-refractivity contribution in [3.05, 3.63) is 53.6 Å². The van der Waals surface area contributed by atoms with Gasteiger partial charge < -0.3 is 9.84 Å². The summed E-state index contributed by atoms with van der Waals surface area (Å²) in [7, 11) is 0. The quantitative estimate of drug-likeness (QED) is 0.936. The molecule has 1 aliphatic heterocycles. The Hall–Kier alpha value is -1.84. The number of nitrogens with zero attached hydrogens (tertiary/aromatic N) is 1. The van der Waals surface area contributed by atoms with Gasteiger partial charge in [-0.3, -0.25) is 4.90 Å². The summed E-state index contributed by atoms with van der Waals surface area (Å²) in [4.78, 5) is 2.45. The molecule has 0 radical (unpaired) electrons. The SMILES string of the molecule is Cc1ccc(O)c(-c2ccc([C@@H](C)N3CCOCC3)cc2)c1. The number of benzene rings is 2. The maximum absolute atomic E-state index is 10.0. The molecule has 1 atom stereocenters. The number of rotatable bonds is 3. The van der Waals surface area contributed by atoms with E-state index in [1.807, 2.05) is 19.1 Å². The topological polar surface area (TPSA) is 32.7 Å². The van der Waals surface area contributed by atoms with E-state index in [9.17, 15) is 5.11 Å². The van der Waals surface area contributed by atoms with Crippen LogP contribution in [0.2, 0.25) is 0 Å². The number of hydrogen-bond acceptors (Lipinski definition) is 3. The van der Waals surface area contributed by atoms with Crippen molar-refractivity contribution in [2.75, 3.05) is 26.3 Å². The van der Waals surface area contributed by atoms with E-state index in [-0.39, 0.29) is 0 Å². The van der Waals surface area contributed by atoms with Gasteiger partial charge in [0.25, 0.3) is 0 Å². The fourth-order valence-electron chi connectivity index (χ4n) is 3.00. The molecule has 0 amide bonds. The van der Waals surface area contributed by atoms with Crippen molar-refractivity contribution in [2.24, 2.45) is 0 Å². The Morgan fingerprint density at radius 1 is 1.05 bits per heavy atom. The van der Waals surface area contributed by atoms with E-state index < -0.39 is 0 Å². The van der Waals surface area contributed by atoms with E-state index in [0.717, 1.165) is 43.0 Å². The van der Waals surface area contributed by atoms with Gasteiger partial charge in [-0.15, -0.1) is 0 Å². The highest BCUT2D eigenvalue weighted by Crippen LogP contribution is 2.31. The van der Waals surface area contributed by atoms with Crippen molar-refractivity contribution in [1.82, 2.24) is 4.90 Å². The highest BCUT2D eigenvalue weighted by molar-refractivity contribution is 5.70. The second-order valence-electron chi connectivity index (χ2n) is 5.97. The molecule has 3 rings (SSSR count). The van der Waals surface area contributed by atoms with Gasteiger partial charge in [0.2, 0.25) is 0 Å². The fraction of sp³-hybridized carbons (Fsp3) is 0.368. The molecule has 1 N–H and O–H groups in total. The molecule has 2 aromatic rings. The molecule has 1 fully saturated rings. The first kappa shape index (κ1) is 15.1. The summed E-state index contributed by atoms with van der Waals surface area (Å²) >= 11 is 0. The molecule has 1 heterocycles. The molecule has 0 bridgehead atoms. The van der Waals surface area contributed by atoms with E-state index in [1.54, 1.807) is 6.07 Å². The van der Waals surface area contributed by atoms with Crippen LogP contribution in [0.15, 0.2) is 42.5 Å². The molecular formula is C19H23NO2. The van der Waals surface area contributed by atoms with E-state index in [0.29, 0.717) is 11.8 Å². The average Bonchev–Trinajstić information content (AvgIpc) is 2.57. The van der Waals surface area contributed by atoms with Crippen LogP contribution in [0.4, 0.5) is 0 Å². The lowest BCUT2D eigenvalue weighted by molar-refractivity contribution is 0.0198. The highest BCUT2D eigenvalue weighted by atomic mass is 16.5. The zero-order valence-corrected chi connectivity index (χ0v) is 13.2. The predicted molar refractivity (Wildman–Crippen MR) is 89.1 cm³/mol. The van der Waals surface area contributed by atoms with Gasteiger partial charge in [0.15, 0.2) is 0 Å². The molecule has 116 valence electrons. The summed E-state index contributed by atoms with van der Waals surface area (Å²) in [6.45, 7) is 7.89. The number of hydrogen-bond donors (Lipinski definition) is 1. The summed E-state index contributed by atoms with van der Waals surface area (Å²) in [6.07, 6.45) is 0. The Morgan fingerprint density at radius 3 is 2.41 bits per heavy atom. The van der Waals surface area contributed by atoms with Crippen molar-refractivity contribution in [3.8, 4) is 16.9 Å². The lowest BCUT2D eigenvalue weighted by Gasteiger charge is -2.32. The number of morpholine rings is 1. The minimum atomic E-state index is 0.333. The smallest absolute Gasteiger partial charge is 0.123 e. The van der Waals surface area contributed by atoms with E-state index in [1.165, 1.54) is 5.56 Å². The zero-order valence-electron chi connectivity index (χ0n) is 13.2. The van der Waals surface area contributed by atoms with Crippen LogP contribution in [-0.4, -0.2) is 36.3 Å². The summed E-state index contributed by atoms with van der Waals surface area (Å²) in [5.74, 6) is 0.333. The molecule has 0 saturated carbocycles. The standard InChI is InChI=1S/C19H23NO2/c1-14-3-8-19(21)18(13-14)17-6-4-16(5-7-17)15(2)20-9-11-22-12-10-20/h3-8,13,15,21H,9-12H2,1-2H3/t15-/m1/s1. The first-order valence-corrected chi connectivity index (χ1v) is 7.87. The normalized spacial score (nSPS) is 17.4. The largest absolute Gasteiger partial charge is 0.507 e. The molecule has 3 nitrogen and oxygen atoms in total. The summed E-state index contributed by atoms with van der Waals surface area (Å²) in [5.41, 5.74) is 4.40. The number of aromatic hydroxyl groups is 1. The third kappa shape index (κ3) is 3.16. The van der Waals surface area contributed by atoms with Gasteiger partial charge in [-0.2, -0.15) is 0 Å². The third-order valence-corrected chi connectivity index (χ3v) is 4.45. The Balaban J connectivity index is 1.81. The molecule has 2 aromatic carbocycles. The number of phenolic OH excluding ortho intramolecular Hbond substituents is 1. The average molecular weight is 297 g/mol. The van der Waals surface area contributed by atoms with Gasteiger partial charge in [-0.05, 0) is 37.1 Å². The molecule has 3 heteroatoms. The van der Waals surface area contributed by atoms with Crippen molar-refractivity contribution in [3.63, 3.8) is 0 Å². The third-order valence-electron chi connectivity index (χ3n) is 4.45. The summed E-state index contributed by atoms with van der Waals surface area (Å²) in [5, 5.41) is 10.0. The first-order chi connectivity index (χ1) is 10.6. The van der Waals surface area contributed by atoms with Gasteiger partial charge >= 0.3 is 0 Å². The predicted octanol–water partition coefficient (Wildman–Crippen LogP) is 3.76. The molecule has 0 aliphatic carbocycles. The van der Waals surface area contributed by atoms with Gasteiger partial charge in [-0.25, -0.2) is 0 Å². The van der Waals surface area contributed by atoms with Crippen molar-refractivity contribution in [1.29, 1.82) is 0 Å². The Kier molecular flexibility index (Phi) is 4.46. The van der Waals surface area contributed by atoms with Crippen LogP contribution in [0.25, 0.3) is 11.1 Å². The van der Waals surface area contributed by atoms with E-state index in [2.05, 4.69) is 36.1 Å². The fourth-order valence-corrected chi connectivity index (χ4v) is 3.00. The van der Waals surface area contributed by atoms with Crippen LogP contribution in [0, 0.1) is 6.92 Å².